The highest BCUT2D eigenvalue weighted by Crippen LogP contribution is 2.28. The fraction of sp³-hybridized carbons (Fsp3) is 0.727. The molecular weight excluding hydrogens is 206 g/mol. The van der Waals surface area contributed by atoms with Crippen molar-refractivity contribution < 1.29 is 0 Å². The van der Waals surface area contributed by atoms with Crippen LogP contribution in [0.25, 0.3) is 0 Å². The summed E-state index contributed by atoms with van der Waals surface area (Å²) in [5.41, 5.74) is 7.91. The van der Waals surface area contributed by atoms with Crippen molar-refractivity contribution in [1.82, 2.24) is 9.78 Å². The molecule has 1 heterocycles. The van der Waals surface area contributed by atoms with E-state index in [4.69, 9.17) is 5.73 Å². The molecule has 0 bridgehead atoms. The molecule has 1 aromatic rings. The molecule has 0 fully saturated rings. The van der Waals surface area contributed by atoms with Crippen molar-refractivity contribution in [2.75, 3.05) is 11.5 Å². The summed E-state index contributed by atoms with van der Waals surface area (Å²) in [6.07, 6.45) is 2.13. The van der Waals surface area contributed by atoms with Crippen LogP contribution in [-0.4, -0.2) is 15.5 Å². The maximum atomic E-state index is 6.03. The third-order valence-electron chi connectivity index (χ3n) is 2.37. The summed E-state index contributed by atoms with van der Waals surface area (Å²) in [4.78, 5) is 0. The van der Waals surface area contributed by atoms with Crippen LogP contribution in [-0.2, 0) is 13.5 Å². The highest BCUT2D eigenvalue weighted by molar-refractivity contribution is 7.99. The first-order chi connectivity index (χ1) is 7.06. The van der Waals surface area contributed by atoms with E-state index < -0.39 is 0 Å². The highest BCUT2D eigenvalue weighted by atomic mass is 32.2. The van der Waals surface area contributed by atoms with Crippen molar-refractivity contribution in [3.63, 3.8) is 0 Å². The van der Waals surface area contributed by atoms with E-state index in [1.165, 1.54) is 6.42 Å². The number of aromatic nitrogens is 2. The van der Waals surface area contributed by atoms with E-state index in [0.717, 1.165) is 34.5 Å². The average molecular weight is 227 g/mol. The van der Waals surface area contributed by atoms with Gasteiger partial charge in [0.05, 0.1) is 11.4 Å². The lowest BCUT2D eigenvalue weighted by atomic mass is 10.2. The lowest BCUT2D eigenvalue weighted by Crippen LogP contribution is -1.96. The summed E-state index contributed by atoms with van der Waals surface area (Å²) in [5.74, 6) is 1.86. The van der Waals surface area contributed by atoms with Crippen LogP contribution in [0.3, 0.4) is 0 Å². The number of nitrogens with zero attached hydrogens (tertiary/aromatic N) is 2. The normalized spacial score (nSPS) is 11.3. The minimum Gasteiger partial charge on any atom is -0.395 e. The van der Waals surface area contributed by atoms with Crippen molar-refractivity contribution in [3.05, 3.63) is 5.69 Å². The maximum absolute atomic E-state index is 6.03. The largest absolute Gasteiger partial charge is 0.395 e. The van der Waals surface area contributed by atoms with Crippen LogP contribution in [0.4, 0.5) is 5.69 Å². The van der Waals surface area contributed by atoms with Gasteiger partial charge in [0.25, 0.3) is 0 Å². The van der Waals surface area contributed by atoms with E-state index >= 15 is 0 Å². The second-order valence-corrected chi connectivity index (χ2v) is 5.26. The predicted octanol–water partition coefficient (Wildman–Crippen LogP) is 2.70. The van der Waals surface area contributed by atoms with Gasteiger partial charge in [-0.1, -0.05) is 20.8 Å². The molecule has 1 rings (SSSR count). The van der Waals surface area contributed by atoms with Gasteiger partial charge in [0, 0.05) is 7.05 Å². The topological polar surface area (TPSA) is 43.8 Å². The summed E-state index contributed by atoms with van der Waals surface area (Å²) in [7, 11) is 1.97. The first-order valence-corrected chi connectivity index (χ1v) is 6.49. The highest BCUT2D eigenvalue weighted by Gasteiger charge is 2.11. The van der Waals surface area contributed by atoms with E-state index in [-0.39, 0.29) is 0 Å². The van der Waals surface area contributed by atoms with Gasteiger partial charge in [0.15, 0.2) is 0 Å². The number of rotatable bonds is 5. The monoisotopic (exact) mass is 227 g/mol. The fourth-order valence-electron chi connectivity index (χ4n) is 1.40. The first kappa shape index (κ1) is 12.4. The molecule has 0 atom stereocenters. The molecule has 0 saturated heterocycles. The first-order valence-electron chi connectivity index (χ1n) is 5.50. The Morgan fingerprint density at radius 1 is 1.47 bits per heavy atom. The van der Waals surface area contributed by atoms with Crippen molar-refractivity contribution in [3.8, 4) is 0 Å². The Morgan fingerprint density at radius 2 is 2.13 bits per heavy atom. The third kappa shape index (κ3) is 3.16. The SMILES string of the molecule is CCc1nn(C)c(SCCC(C)C)c1N. The number of nitrogens with two attached hydrogens (primary N) is 1. The minimum absolute atomic E-state index is 0.748. The Kier molecular flexibility index (Phi) is 4.51. The Balaban J connectivity index is 2.64. The van der Waals surface area contributed by atoms with Crippen LogP contribution < -0.4 is 5.73 Å². The second-order valence-electron chi connectivity index (χ2n) is 4.17. The molecule has 0 saturated carbocycles. The number of aryl methyl sites for hydroxylation is 2. The summed E-state index contributed by atoms with van der Waals surface area (Å²) >= 11 is 1.81. The zero-order valence-corrected chi connectivity index (χ0v) is 10.9. The molecule has 4 heteroatoms. The van der Waals surface area contributed by atoms with Gasteiger partial charge >= 0.3 is 0 Å². The Bertz CT molecular complexity index is 318. The molecule has 15 heavy (non-hydrogen) atoms. The molecule has 3 nitrogen and oxygen atoms in total. The molecule has 86 valence electrons. The minimum atomic E-state index is 0.748. The molecule has 2 N–H and O–H groups in total. The molecule has 0 unspecified atom stereocenters. The standard InChI is InChI=1S/C11H21N3S/c1-5-9-10(12)11(14(4)13-9)15-7-6-8(2)3/h8H,5-7,12H2,1-4H3. The average Bonchev–Trinajstić information content (AvgIpc) is 2.44. The van der Waals surface area contributed by atoms with Gasteiger partial charge in [-0.05, 0) is 24.5 Å². The molecule has 0 aliphatic carbocycles. The van der Waals surface area contributed by atoms with E-state index in [0.29, 0.717) is 0 Å². The molecule has 0 aliphatic heterocycles. The van der Waals surface area contributed by atoms with Gasteiger partial charge in [-0.2, -0.15) is 5.10 Å². The summed E-state index contributed by atoms with van der Waals surface area (Å²) in [5, 5.41) is 5.52. The quantitative estimate of drug-likeness (QED) is 0.787. The van der Waals surface area contributed by atoms with Gasteiger partial charge in [0.2, 0.25) is 0 Å². The van der Waals surface area contributed by atoms with Crippen LogP contribution in [0, 0.1) is 5.92 Å². The van der Waals surface area contributed by atoms with Crippen molar-refractivity contribution in [1.29, 1.82) is 0 Å². The molecule has 0 amide bonds. The number of hydrogen-bond acceptors (Lipinski definition) is 3. The van der Waals surface area contributed by atoms with Gasteiger partial charge < -0.3 is 5.73 Å². The molecule has 0 aliphatic rings. The molecule has 1 aromatic heterocycles. The smallest absolute Gasteiger partial charge is 0.117 e. The molecule has 0 radical (unpaired) electrons. The van der Waals surface area contributed by atoms with Gasteiger partial charge in [-0.15, -0.1) is 11.8 Å². The van der Waals surface area contributed by atoms with Crippen molar-refractivity contribution in [2.45, 2.75) is 38.6 Å². The van der Waals surface area contributed by atoms with Crippen LogP contribution in [0.2, 0.25) is 0 Å². The Labute approximate surface area is 96.4 Å². The summed E-state index contributed by atoms with van der Waals surface area (Å²) < 4.78 is 1.90. The molecular formula is C11H21N3S. The lowest BCUT2D eigenvalue weighted by Gasteiger charge is -2.05. The Hall–Kier alpha value is -0.640. The van der Waals surface area contributed by atoms with Crippen LogP contribution in [0.15, 0.2) is 5.03 Å². The zero-order valence-electron chi connectivity index (χ0n) is 10.1. The van der Waals surface area contributed by atoms with E-state index in [1.54, 1.807) is 0 Å². The zero-order chi connectivity index (χ0) is 11.4. The predicted molar refractivity (Wildman–Crippen MR) is 67.2 cm³/mol. The number of thioether (sulfide) groups is 1. The van der Waals surface area contributed by atoms with Crippen LogP contribution in [0.1, 0.15) is 32.9 Å². The lowest BCUT2D eigenvalue weighted by molar-refractivity contribution is 0.630. The van der Waals surface area contributed by atoms with Crippen LogP contribution >= 0.6 is 11.8 Å². The van der Waals surface area contributed by atoms with E-state index in [1.807, 2.05) is 23.5 Å². The van der Waals surface area contributed by atoms with Gasteiger partial charge in [-0.25, -0.2) is 0 Å². The Morgan fingerprint density at radius 3 is 2.60 bits per heavy atom. The fourth-order valence-corrected chi connectivity index (χ4v) is 2.69. The number of hydrogen-bond donors (Lipinski definition) is 1. The summed E-state index contributed by atoms with van der Waals surface area (Å²) in [6.45, 7) is 6.57. The van der Waals surface area contributed by atoms with Gasteiger partial charge in [-0.3, -0.25) is 4.68 Å². The van der Waals surface area contributed by atoms with Crippen LogP contribution in [0.5, 0.6) is 0 Å². The number of anilines is 1. The molecule has 0 aromatic carbocycles. The third-order valence-corrected chi connectivity index (χ3v) is 3.57. The molecule has 0 spiro atoms. The summed E-state index contributed by atoms with van der Waals surface area (Å²) in [6, 6.07) is 0. The maximum Gasteiger partial charge on any atom is 0.117 e. The van der Waals surface area contributed by atoms with Crippen molar-refractivity contribution in [2.24, 2.45) is 13.0 Å². The number of nitrogen functional groups attached to an aromatic ring is 1. The van der Waals surface area contributed by atoms with Crippen molar-refractivity contribution >= 4 is 17.4 Å². The second kappa shape index (κ2) is 5.45. The van der Waals surface area contributed by atoms with E-state index in [9.17, 15) is 0 Å². The van der Waals surface area contributed by atoms with Gasteiger partial charge in [0.1, 0.15) is 5.03 Å². The van der Waals surface area contributed by atoms with E-state index in [2.05, 4.69) is 25.9 Å².